The second-order valence-electron chi connectivity index (χ2n) is 4.46. The number of fused-ring (bicyclic) bond motifs is 9. The Labute approximate surface area is 137 Å². The van der Waals surface area contributed by atoms with Crippen molar-refractivity contribution in [3.8, 4) is 0 Å². The molecule has 0 fully saturated rings. The molecule has 0 saturated heterocycles. The van der Waals surface area contributed by atoms with Crippen LogP contribution in [-0.4, -0.2) is 34.7 Å². The van der Waals surface area contributed by atoms with Crippen LogP contribution in [0.5, 0.6) is 0 Å². The van der Waals surface area contributed by atoms with Crippen molar-refractivity contribution in [3.63, 3.8) is 0 Å². The molecule has 0 aromatic carbocycles. The molecule has 104 valence electrons. The van der Waals surface area contributed by atoms with Crippen LogP contribution in [0.25, 0.3) is 0 Å². The van der Waals surface area contributed by atoms with Crippen LogP contribution in [-0.2, 0) is 0 Å². The van der Waals surface area contributed by atoms with E-state index in [0.717, 1.165) is 11.5 Å². The summed E-state index contributed by atoms with van der Waals surface area (Å²) in [4.78, 5) is 7.45. The zero-order valence-corrected chi connectivity index (χ0v) is 16.3. The molecular formula is C16H20GeS2Si. The quantitative estimate of drug-likeness (QED) is 0.560. The van der Waals surface area contributed by atoms with E-state index in [9.17, 15) is 0 Å². The zero-order valence-electron chi connectivity index (χ0n) is 11.6. The molecule has 0 aromatic heterocycles. The molecule has 0 atom stereocenters. The molecule has 0 aromatic rings. The van der Waals surface area contributed by atoms with Gasteiger partial charge in [-0.2, -0.15) is 0 Å². The maximum absolute atomic E-state index is 2.49. The predicted octanol–water partition coefficient (Wildman–Crippen LogP) is 4.74. The fraction of sp³-hybridized carbons (Fsp3) is 0.250. The SMILES string of the molecule is C1=C\[Si]2/C=C\SC/C=[CH]\[Ge](/[CH]=C\CC/1)/[CH]=C/CS/C=C\2. The Hall–Kier alpha value is -0.100. The summed E-state index contributed by atoms with van der Waals surface area (Å²) in [5, 5.41) is 4.59. The van der Waals surface area contributed by atoms with Crippen LogP contribution in [0.15, 0.2) is 66.9 Å². The van der Waals surface area contributed by atoms with Gasteiger partial charge in [-0.3, -0.25) is 0 Å². The Bertz CT molecular complexity index is 341. The van der Waals surface area contributed by atoms with Crippen molar-refractivity contribution in [2.75, 3.05) is 11.5 Å². The first-order chi connectivity index (χ1) is 9.95. The molecule has 4 heteroatoms. The molecule has 2 radical (unpaired) electrons. The van der Waals surface area contributed by atoms with Crippen LogP contribution in [0.2, 0.25) is 0 Å². The van der Waals surface area contributed by atoms with E-state index in [1.165, 1.54) is 12.8 Å². The molecule has 0 saturated carbocycles. The van der Waals surface area contributed by atoms with Crippen LogP contribution in [0.3, 0.4) is 0 Å². The Kier molecular flexibility index (Phi) is 8.63. The first-order valence-electron chi connectivity index (χ1n) is 6.91. The summed E-state index contributed by atoms with van der Waals surface area (Å²) >= 11 is 2.56. The van der Waals surface area contributed by atoms with Crippen LogP contribution in [0.4, 0.5) is 0 Å². The molecule has 0 nitrogen and oxygen atoms in total. The van der Waals surface area contributed by atoms with Crippen molar-refractivity contribution in [3.05, 3.63) is 66.9 Å². The fourth-order valence-electron chi connectivity index (χ4n) is 1.81. The predicted molar refractivity (Wildman–Crippen MR) is 100 cm³/mol. The van der Waals surface area contributed by atoms with Crippen molar-refractivity contribution in [2.45, 2.75) is 12.8 Å². The Balaban J connectivity index is 2.20. The molecule has 0 unspecified atom stereocenters. The van der Waals surface area contributed by atoms with Crippen molar-refractivity contribution < 1.29 is 0 Å². The van der Waals surface area contributed by atoms with Gasteiger partial charge in [0.25, 0.3) is 0 Å². The molecular weight excluding hydrogens is 357 g/mol. The van der Waals surface area contributed by atoms with Gasteiger partial charge in [-0.15, -0.1) is 0 Å². The van der Waals surface area contributed by atoms with E-state index in [1.807, 2.05) is 23.5 Å². The summed E-state index contributed by atoms with van der Waals surface area (Å²) < 4.78 is 0. The van der Waals surface area contributed by atoms with Crippen molar-refractivity contribution >= 4 is 46.7 Å². The van der Waals surface area contributed by atoms with E-state index in [-0.39, 0.29) is 0 Å². The molecule has 3 aliphatic rings. The van der Waals surface area contributed by atoms with E-state index >= 15 is 0 Å². The number of hydrogen-bond acceptors (Lipinski definition) is 2. The standard InChI is InChI=1S/C16H20GeS2Si/c1-2-4-14-20-15-12-18-10-5-8-17(7-3-1)9-6-11-19-13-16-20/h3-9,12-16H,1-2,10-11H2/b7-3-,8-5-,9-6+,14-4-,15-12-,16-13-. The van der Waals surface area contributed by atoms with E-state index in [0.29, 0.717) is 0 Å². The second-order valence-corrected chi connectivity index (χ2v) is 12.5. The normalized spacial score (nSPS) is 31.8. The average molecular weight is 377 g/mol. The molecule has 0 spiro atoms. The van der Waals surface area contributed by atoms with E-state index in [1.54, 1.807) is 0 Å². The number of hydrogen-bond donors (Lipinski definition) is 0. The molecule has 2 bridgehead atoms. The first-order valence-corrected chi connectivity index (χ1v) is 14.4. The average Bonchev–Trinajstić information content (AvgIpc) is 2.47. The maximum atomic E-state index is 2.49. The van der Waals surface area contributed by atoms with Crippen molar-refractivity contribution in [1.29, 1.82) is 0 Å². The number of allylic oxidation sites excluding steroid dienone is 2. The van der Waals surface area contributed by atoms with Crippen molar-refractivity contribution in [2.24, 2.45) is 0 Å². The van der Waals surface area contributed by atoms with E-state index in [2.05, 4.69) is 66.9 Å². The molecule has 3 heterocycles. The van der Waals surface area contributed by atoms with Gasteiger partial charge in [0.05, 0.1) is 0 Å². The van der Waals surface area contributed by atoms with Gasteiger partial charge in [0.15, 0.2) is 0 Å². The molecule has 0 aliphatic carbocycles. The summed E-state index contributed by atoms with van der Waals surface area (Å²) in [6.07, 6.45) is 11.8. The fourth-order valence-corrected chi connectivity index (χ4v) is 9.22. The van der Waals surface area contributed by atoms with Crippen LogP contribution in [0, 0.1) is 0 Å². The summed E-state index contributed by atoms with van der Waals surface area (Å²) in [6, 6.07) is 0. The van der Waals surface area contributed by atoms with E-state index < -0.39 is 23.1 Å². The van der Waals surface area contributed by atoms with Crippen molar-refractivity contribution in [1.82, 2.24) is 0 Å². The summed E-state index contributed by atoms with van der Waals surface area (Å²) in [5.41, 5.74) is 7.22. The summed E-state index contributed by atoms with van der Waals surface area (Å²) in [7, 11) is -0.607. The molecule has 20 heavy (non-hydrogen) atoms. The van der Waals surface area contributed by atoms with Gasteiger partial charge in [-0.05, 0) is 0 Å². The Morgan fingerprint density at radius 3 is 2.00 bits per heavy atom. The van der Waals surface area contributed by atoms with E-state index in [4.69, 9.17) is 0 Å². The van der Waals surface area contributed by atoms with Gasteiger partial charge in [-0.1, -0.05) is 0 Å². The topological polar surface area (TPSA) is 0 Å². The van der Waals surface area contributed by atoms with Gasteiger partial charge in [0.1, 0.15) is 0 Å². The summed E-state index contributed by atoms with van der Waals surface area (Å²) in [5.74, 6) is 2.21. The third-order valence-corrected chi connectivity index (χ3v) is 10.4. The van der Waals surface area contributed by atoms with Gasteiger partial charge in [-0.25, -0.2) is 0 Å². The van der Waals surface area contributed by atoms with Gasteiger partial charge in [0.2, 0.25) is 0 Å². The van der Waals surface area contributed by atoms with Crippen LogP contribution >= 0.6 is 23.5 Å². The molecule has 3 rings (SSSR count). The minimum atomic E-state index is -1.26. The molecule has 0 N–H and O–H groups in total. The molecule has 3 aliphatic heterocycles. The third-order valence-electron chi connectivity index (χ3n) is 2.84. The third kappa shape index (κ3) is 7.06. The van der Waals surface area contributed by atoms with Gasteiger partial charge >= 0.3 is 138 Å². The Morgan fingerprint density at radius 1 is 0.700 bits per heavy atom. The Morgan fingerprint density at radius 2 is 1.30 bits per heavy atom. The zero-order chi connectivity index (χ0) is 13.9. The number of thioether (sulfide) groups is 2. The first kappa shape index (κ1) is 16.3. The van der Waals surface area contributed by atoms with Crippen LogP contribution in [0.1, 0.15) is 12.8 Å². The molecule has 0 amide bonds. The van der Waals surface area contributed by atoms with Gasteiger partial charge < -0.3 is 0 Å². The summed E-state index contributed by atoms with van der Waals surface area (Å²) in [6.45, 7) is 0. The minimum absolute atomic E-state index is 0.607. The van der Waals surface area contributed by atoms with Crippen LogP contribution < -0.4 is 0 Å². The second kappa shape index (κ2) is 10.6. The monoisotopic (exact) mass is 378 g/mol. The number of rotatable bonds is 0. The van der Waals surface area contributed by atoms with Gasteiger partial charge in [0, 0.05) is 0 Å².